The van der Waals surface area contributed by atoms with Crippen molar-refractivity contribution in [3.63, 3.8) is 0 Å². The molecule has 1 unspecified atom stereocenters. The Labute approximate surface area is 154 Å². The molecular formula is C19H28N4O3. The first kappa shape index (κ1) is 19.9. The fraction of sp³-hybridized carbons (Fsp3) is 0.526. The van der Waals surface area contributed by atoms with Gasteiger partial charge < -0.3 is 25.2 Å². The van der Waals surface area contributed by atoms with Crippen LogP contribution in [0.1, 0.15) is 35.7 Å². The number of carbonyl (C=O) groups excluding carboxylic acids is 3. The molecule has 1 aliphatic heterocycles. The summed E-state index contributed by atoms with van der Waals surface area (Å²) in [7, 11) is 3.47. The van der Waals surface area contributed by atoms with E-state index in [4.69, 9.17) is 0 Å². The third kappa shape index (κ3) is 4.22. The molecule has 0 aromatic heterocycles. The maximum atomic E-state index is 12.8. The van der Waals surface area contributed by atoms with Crippen LogP contribution in [-0.4, -0.2) is 62.8 Å². The van der Waals surface area contributed by atoms with Crippen molar-refractivity contribution in [2.24, 2.45) is 0 Å². The molecule has 1 aromatic carbocycles. The predicted molar refractivity (Wildman–Crippen MR) is 101 cm³/mol. The average molecular weight is 360 g/mol. The third-order valence-corrected chi connectivity index (χ3v) is 4.78. The van der Waals surface area contributed by atoms with Gasteiger partial charge >= 0.3 is 0 Å². The minimum atomic E-state index is -0.625. The number of aldehydes is 1. The molecule has 0 radical (unpaired) electrons. The molecule has 0 spiro atoms. The molecule has 1 aromatic rings. The zero-order valence-corrected chi connectivity index (χ0v) is 15.7. The number of anilines is 1. The SMILES string of the molecule is CCN(CCNC)c1ccc2c(c1)CN(C(CCC=O)C(=O)NC)C2=O. The summed E-state index contributed by atoms with van der Waals surface area (Å²) in [6, 6.07) is 5.21. The lowest BCUT2D eigenvalue weighted by Crippen LogP contribution is -2.46. The van der Waals surface area contributed by atoms with Gasteiger partial charge in [-0.1, -0.05) is 0 Å². The number of hydrogen-bond donors (Lipinski definition) is 2. The molecule has 2 amide bonds. The van der Waals surface area contributed by atoms with E-state index < -0.39 is 6.04 Å². The Morgan fingerprint density at radius 2 is 2.15 bits per heavy atom. The van der Waals surface area contributed by atoms with Crippen LogP contribution >= 0.6 is 0 Å². The minimum absolute atomic E-state index is 0.149. The van der Waals surface area contributed by atoms with Gasteiger partial charge in [-0.25, -0.2) is 0 Å². The van der Waals surface area contributed by atoms with Gasteiger partial charge in [0.25, 0.3) is 5.91 Å². The second-order valence-electron chi connectivity index (χ2n) is 6.33. The number of nitrogens with zero attached hydrogens (tertiary/aromatic N) is 2. The summed E-state index contributed by atoms with van der Waals surface area (Å²) in [5, 5.41) is 5.74. The normalized spacial score (nSPS) is 14.1. The maximum absolute atomic E-state index is 12.8. The lowest BCUT2D eigenvalue weighted by molar-refractivity contribution is -0.125. The Kier molecular flexibility index (Phi) is 7.15. The van der Waals surface area contributed by atoms with Crippen LogP contribution in [0.2, 0.25) is 0 Å². The average Bonchev–Trinajstić information content (AvgIpc) is 2.98. The number of fused-ring (bicyclic) bond motifs is 1. The quantitative estimate of drug-likeness (QED) is 0.603. The van der Waals surface area contributed by atoms with Gasteiger partial charge in [0.1, 0.15) is 12.3 Å². The highest BCUT2D eigenvalue weighted by Gasteiger charge is 2.35. The van der Waals surface area contributed by atoms with Crippen molar-refractivity contribution in [2.45, 2.75) is 32.4 Å². The van der Waals surface area contributed by atoms with Crippen LogP contribution in [0.15, 0.2) is 18.2 Å². The van der Waals surface area contributed by atoms with Gasteiger partial charge in [0, 0.05) is 50.9 Å². The van der Waals surface area contributed by atoms with E-state index in [9.17, 15) is 14.4 Å². The Morgan fingerprint density at radius 3 is 2.77 bits per heavy atom. The fourth-order valence-electron chi connectivity index (χ4n) is 3.32. The summed E-state index contributed by atoms with van der Waals surface area (Å²) in [5.74, 6) is -0.387. The predicted octanol–water partition coefficient (Wildman–Crippen LogP) is 0.782. The molecule has 7 nitrogen and oxygen atoms in total. The summed E-state index contributed by atoms with van der Waals surface area (Å²) in [5.41, 5.74) is 2.63. The van der Waals surface area contributed by atoms with Gasteiger partial charge in [-0.3, -0.25) is 9.59 Å². The van der Waals surface area contributed by atoms with E-state index in [0.29, 0.717) is 18.5 Å². The highest BCUT2D eigenvalue weighted by atomic mass is 16.2. The molecule has 2 rings (SSSR count). The number of carbonyl (C=O) groups is 3. The third-order valence-electron chi connectivity index (χ3n) is 4.78. The summed E-state index contributed by atoms with van der Waals surface area (Å²) in [4.78, 5) is 39.5. The van der Waals surface area contributed by atoms with Gasteiger partial charge in [-0.15, -0.1) is 0 Å². The zero-order chi connectivity index (χ0) is 19.1. The lowest BCUT2D eigenvalue weighted by Gasteiger charge is -2.25. The van der Waals surface area contributed by atoms with E-state index >= 15 is 0 Å². The first-order valence-electron chi connectivity index (χ1n) is 9.06. The van der Waals surface area contributed by atoms with Crippen molar-refractivity contribution in [2.75, 3.05) is 38.6 Å². The smallest absolute Gasteiger partial charge is 0.255 e. The van der Waals surface area contributed by atoms with Crippen LogP contribution in [0.3, 0.4) is 0 Å². The Bertz CT molecular complexity index is 662. The summed E-state index contributed by atoms with van der Waals surface area (Å²) >= 11 is 0. The molecule has 1 aliphatic rings. The van der Waals surface area contributed by atoms with E-state index in [-0.39, 0.29) is 18.2 Å². The summed E-state index contributed by atoms with van der Waals surface area (Å²) < 4.78 is 0. The zero-order valence-electron chi connectivity index (χ0n) is 15.7. The summed E-state index contributed by atoms with van der Waals surface area (Å²) in [6.45, 7) is 5.12. The van der Waals surface area contributed by atoms with E-state index in [1.165, 1.54) is 0 Å². The highest BCUT2D eigenvalue weighted by Crippen LogP contribution is 2.29. The maximum Gasteiger partial charge on any atom is 0.255 e. The van der Waals surface area contributed by atoms with Crippen LogP contribution in [0, 0.1) is 0 Å². The van der Waals surface area contributed by atoms with E-state index in [0.717, 1.165) is 37.2 Å². The van der Waals surface area contributed by atoms with Gasteiger partial charge in [-0.05, 0) is 44.2 Å². The van der Waals surface area contributed by atoms with Gasteiger partial charge in [0.2, 0.25) is 5.91 Å². The van der Waals surface area contributed by atoms with E-state index in [2.05, 4.69) is 22.5 Å². The largest absolute Gasteiger partial charge is 0.371 e. The van der Waals surface area contributed by atoms with Gasteiger partial charge in [0.15, 0.2) is 0 Å². The molecule has 142 valence electrons. The van der Waals surface area contributed by atoms with Crippen molar-refractivity contribution in [1.82, 2.24) is 15.5 Å². The Morgan fingerprint density at radius 1 is 1.38 bits per heavy atom. The Balaban J connectivity index is 2.23. The molecule has 7 heteroatoms. The standard InChI is InChI=1S/C19H28N4O3/c1-4-22(10-9-20-2)15-7-8-16-14(12-15)13-23(19(16)26)17(6-5-11-24)18(25)21-3/h7-8,11-12,17,20H,4-6,9-10,13H2,1-3H3,(H,21,25). The van der Waals surface area contributed by atoms with E-state index in [1.54, 1.807) is 11.9 Å². The fourth-order valence-corrected chi connectivity index (χ4v) is 3.32. The van der Waals surface area contributed by atoms with Crippen molar-refractivity contribution >= 4 is 23.8 Å². The second-order valence-corrected chi connectivity index (χ2v) is 6.33. The topological polar surface area (TPSA) is 81.8 Å². The number of rotatable bonds is 10. The van der Waals surface area contributed by atoms with Gasteiger partial charge in [-0.2, -0.15) is 0 Å². The number of amides is 2. The molecule has 0 aliphatic carbocycles. The molecule has 0 fully saturated rings. The molecular weight excluding hydrogens is 332 g/mol. The lowest BCUT2D eigenvalue weighted by atomic mass is 10.1. The number of benzene rings is 1. The molecule has 2 N–H and O–H groups in total. The molecule has 0 saturated carbocycles. The highest BCUT2D eigenvalue weighted by molar-refractivity contribution is 6.01. The molecule has 1 heterocycles. The number of likely N-dealkylation sites (N-methyl/N-ethyl adjacent to an activating group) is 3. The van der Waals surface area contributed by atoms with Crippen molar-refractivity contribution < 1.29 is 14.4 Å². The first-order valence-corrected chi connectivity index (χ1v) is 9.06. The van der Waals surface area contributed by atoms with Gasteiger partial charge in [0.05, 0.1) is 0 Å². The Hall–Kier alpha value is -2.41. The minimum Gasteiger partial charge on any atom is -0.371 e. The summed E-state index contributed by atoms with van der Waals surface area (Å²) in [6.07, 6.45) is 1.36. The second kappa shape index (κ2) is 9.33. The van der Waals surface area contributed by atoms with Crippen LogP contribution in [0.5, 0.6) is 0 Å². The van der Waals surface area contributed by atoms with E-state index in [1.807, 2.05) is 25.2 Å². The number of hydrogen-bond acceptors (Lipinski definition) is 5. The van der Waals surface area contributed by atoms with Crippen LogP contribution in [0.4, 0.5) is 5.69 Å². The number of nitrogens with one attached hydrogen (secondary N) is 2. The van der Waals surface area contributed by atoms with Crippen LogP contribution in [-0.2, 0) is 16.1 Å². The van der Waals surface area contributed by atoms with Crippen LogP contribution in [0.25, 0.3) is 0 Å². The molecule has 0 bridgehead atoms. The van der Waals surface area contributed by atoms with Crippen molar-refractivity contribution in [1.29, 1.82) is 0 Å². The first-order chi connectivity index (χ1) is 12.6. The molecule has 26 heavy (non-hydrogen) atoms. The van der Waals surface area contributed by atoms with Crippen LogP contribution < -0.4 is 15.5 Å². The molecule has 0 saturated heterocycles. The molecule has 1 atom stereocenters. The monoisotopic (exact) mass is 360 g/mol. The van der Waals surface area contributed by atoms with Crippen molar-refractivity contribution in [3.8, 4) is 0 Å². The van der Waals surface area contributed by atoms with Crippen molar-refractivity contribution in [3.05, 3.63) is 29.3 Å².